The maximum Gasteiger partial charge on any atom is 0.228 e. The molecule has 1 aromatic carbocycles. The van der Waals surface area contributed by atoms with Crippen LogP contribution in [0.3, 0.4) is 0 Å². The molecule has 0 aliphatic heterocycles. The lowest BCUT2D eigenvalue weighted by Gasteiger charge is -2.14. The number of amides is 1. The van der Waals surface area contributed by atoms with E-state index < -0.39 is 0 Å². The number of aryl methyl sites for hydroxylation is 2. The van der Waals surface area contributed by atoms with Gasteiger partial charge in [0.25, 0.3) is 0 Å². The highest BCUT2D eigenvalue weighted by Gasteiger charge is 2.13. The summed E-state index contributed by atoms with van der Waals surface area (Å²) >= 11 is 0. The fourth-order valence-electron chi connectivity index (χ4n) is 1.59. The summed E-state index contributed by atoms with van der Waals surface area (Å²) in [6.07, 6.45) is 0. The Bertz CT molecular complexity index is 416. The largest absolute Gasteiger partial charge is 0.508 e. The minimum atomic E-state index is -0.0893. The van der Waals surface area contributed by atoms with Gasteiger partial charge in [0.1, 0.15) is 5.75 Å². The van der Waals surface area contributed by atoms with Gasteiger partial charge in [-0.2, -0.15) is 0 Å². The number of phenolic OH excluding ortho intramolecular Hbond substituents is 1. The Morgan fingerprint density at radius 1 is 1.35 bits per heavy atom. The Labute approximate surface area is 102 Å². The van der Waals surface area contributed by atoms with Gasteiger partial charge in [-0.15, -0.1) is 0 Å². The summed E-state index contributed by atoms with van der Waals surface area (Å²) < 4.78 is 0. The van der Waals surface area contributed by atoms with Crippen molar-refractivity contribution in [3.63, 3.8) is 0 Å². The number of phenols is 1. The molecule has 0 aliphatic carbocycles. The number of carbonyl (C=O) groups is 1. The van der Waals surface area contributed by atoms with Crippen molar-refractivity contribution in [3.8, 4) is 5.75 Å². The first-order valence-electron chi connectivity index (χ1n) is 5.71. The van der Waals surface area contributed by atoms with E-state index in [1.165, 1.54) is 0 Å². The molecule has 1 rings (SSSR count). The van der Waals surface area contributed by atoms with Gasteiger partial charge in [0.15, 0.2) is 0 Å². The van der Waals surface area contributed by atoms with Crippen molar-refractivity contribution in [1.29, 1.82) is 0 Å². The molecular weight excluding hydrogens is 216 g/mol. The zero-order valence-corrected chi connectivity index (χ0v) is 10.8. The van der Waals surface area contributed by atoms with Gasteiger partial charge in [0.05, 0.1) is 0 Å². The molecule has 1 unspecified atom stereocenters. The van der Waals surface area contributed by atoms with E-state index in [2.05, 4.69) is 10.6 Å². The number of hydrogen-bond acceptors (Lipinski definition) is 3. The van der Waals surface area contributed by atoms with E-state index in [1.807, 2.05) is 27.8 Å². The van der Waals surface area contributed by atoms with Crippen molar-refractivity contribution >= 4 is 11.6 Å². The van der Waals surface area contributed by atoms with E-state index in [-0.39, 0.29) is 17.6 Å². The molecule has 0 fully saturated rings. The minimum absolute atomic E-state index is 0.0208. The molecule has 3 N–H and O–H groups in total. The van der Waals surface area contributed by atoms with Crippen LogP contribution in [0.2, 0.25) is 0 Å². The lowest BCUT2D eigenvalue weighted by Crippen LogP contribution is -2.28. The summed E-state index contributed by atoms with van der Waals surface area (Å²) in [7, 11) is 1.82. The fraction of sp³-hybridized carbons (Fsp3) is 0.462. The molecule has 0 aromatic heterocycles. The maximum atomic E-state index is 11.8. The molecule has 0 saturated heterocycles. The van der Waals surface area contributed by atoms with E-state index in [0.717, 1.165) is 16.8 Å². The van der Waals surface area contributed by atoms with Gasteiger partial charge < -0.3 is 15.7 Å². The summed E-state index contributed by atoms with van der Waals surface area (Å²) in [6.45, 7) is 6.18. The molecule has 4 heteroatoms. The Hall–Kier alpha value is -1.55. The second-order valence-corrected chi connectivity index (χ2v) is 4.40. The van der Waals surface area contributed by atoms with Gasteiger partial charge in [-0.05, 0) is 44.2 Å². The summed E-state index contributed by atoms with van der Waals surface area (Å²) in [5, 5.41) is 15.4. The van der Waals surface area contributed by atoms with Crippen molar-refractivity contribution < 1.29 is 9.90 Å². The van der Waals surface area contributed by atoms with E-state index in [9.17, 15) is 9.90 Å². The SMILES string of the molecule is CNCC(C)C(=O)Nc1cc(C)c(O)cc1C. The number of nitrogens with one attached hydrogen (secondary N) is 2. The van der Waals surface area contributed by atoms with Crippen LogP contribution in [0.25, 0.3) is 0 Å². The Morgan fingerprint density at radius 2 is 2.00 bits per heavy atom. The maximum absolute atomic E-state index is 11.8. The lowest BCUT2D eigenvalue weighted by atomic mass is 10.1. The number of hydrogen-bond donors (Lipinski definition) is 3. The topological polar surface area (TPSA) is 61.4 Å². The van der Waals surface area contributed by atoms with Crippen LogP contribution in [-0.4, -0.2) is 24.6 Å². The second-order valence-electron chi connectivity index (χ2n) is 4.40. The van der Waals surface area contributed by atoms with E-state index in [1.54, 1.807) is 12.1 Å². The van der Waals surface area contributed by atoms with Gasteiger partial charge >= 0.3 is 0 Å². The molecule has 0 radical (unpaired) electrons. The van der Waals surface area contributed by atoms with E-state index in [0.29, 0.717) is 6.54 Å². The minimum Gasteiger partial charge on any atom is -0.508 e. The average Bonchev–Trinajstić information content (AvgIpc) is 2.26. The molecule has 1 amide bonds. The van der Waals surface area contributed by atoms with Crippen LogP contribution in [0.5, 0.6) is 5.75 Å². The predicted octanol–water partition coefficient (Wildman–Crippen LogP) is 1.80. The van der Waals surface area contributed by atoms with Gasteiger partial charge in [-0.1, -0.05) is 6.92 Å². The summed E-state index contributed by atoms with van der Waals surface area (Å²) in [5.74, 6) is 0.143. The number of anilines is 1. The van der Waals surface area contributed by atoms with Crippen molar-refractivity contribution in [3.05, 3.63) is 23.3 Å². The van der Waals surface area contributed by atoms with Gasteiger partial charge in [-0.3, -0.25) is 4.79 Å². The molecule has 0 saturated carbocycles. The second kappa shape index (κ2) is 5.68. The molecule has 0 heterocycles. The number of benzene rings is 1. The van der Waals surface area contributed by atoms with E-state index in [4.69, 9.17) is 0 Å². The molecule has 1 atom stereocenters. The van der Waals surface area contributed by atoms with Crippen LogP contribution in [0.4, 0.5) is 5.69 Å². The first kappa shape index (κ1) is 13.5. The molecule has 1 aromatic rings. The molecule has 94 valence electrons. The smallest absolute Gasteiger partial charge is 0.228 e. The third kappa shape index (κ3) is 3.46. The number of carbonyl (C=O) groups excluding carboxylic acids is 1. The van der Waals surface area contributed by atoms with Crippen molar-refractivity contribution in [1.82, 2.24) is 5.32 Å². The molecular formula is C13H20N2O2. The Kier molecular flexibility index (Phi) is 4.52. The summed E-state index contributed by atoms with van der Waals surface area (Å²) in [6, 6.07) is 3.45. The molecule has 0 aliphatic rings. The summed E-state index contributed by atoms with van der Waals surface area (Å²) in [4.78, 5) is 11.8. The zero-order valence-electron chi connectivity index (χ0n) is 10.8. The van der Waals surface area contributed by atoms with Crippen LogP contribution in [0.15, 0.2) is 12.1 Å². The summed E-state index contributed by atoms with van der Waals surface area (Å²) in [5.41, 5.74) is 2.37. The van der Waals surface area contributed by atoms with Crippen LogP contribution >= 0.6 is 0 Å². The third-order valence-corrected chi connectivity index (χ3v) is 2.76. The quantitative estimate of drug-likeness (QED) is 0.699. The van der Waals surface area contributed by atoms with Gasteiger partial charge in [0, 0.05) is 18.2 Å². The first-order chi connectivity index (χ1) is 7.95. The van der Waals surface area contributed by atoms with E-state index >= 15 is 0 Å². The Morgan fingerprint density at radius 3 is 2.59 bits per heavy atom. The van der Waals surface area contributed by atoms with Crippen molar-refractivity contribution in [2.45, 2.75) is 20.8 Å². The zero-order chi connectivity index (χ0) is 13.0. The molecule has 0 spiro atoms. The number of aromatic hydroxyl groups is 1. The lowest BCUT2D eigenvalue weighted by molar-refractivity contribution is -0.119. The van der Waals surface area contributed by atoms with Gasteiger partial charge in [0.2, 0.25) is 5.91 Å². The highest BCUT2D eigenvalue weighted by molar-refractivity contribution is 5.93. The average molecular weight is 236 g/mol. The highest BCUT2D eigenvalue weighted by atomic mass is 16.3. The number of rotatable bonds is 4. The van der Waals surface area contributed by atoms with Crippen molar-refractivity contribution in [2.75, 3.05) is 18.9 Å². The first-order valence-corrected chi connectivity index (χ1v) is 5.71. The van der Waals surface area contributed by atoms with Crippen LogP contribution < -0.4 is 10.6 Å². The van der Waals surface area contributed by atoms with Gasteiger partial charge in [-0.25, -0.2) is 0 Å². The Balaban J connectivity index is 2.81. The third-order valence-electron chi connectivity index (χ3n) is 2.76. The van der Waals surface area contributed by atoms with Crippen LogP contribution in [0, 0.1) is 19.8 Å². The normalized spacial score (nSPS) is 12.2. The molecule has 4 nitrogen and oxygen atoms in total. The fourth-order valence-corrected chi connectivity index (χ4v) is 1.59. The molecule has 0 bridgehead atoms. The predicted molar refractivity (Wildman–Crippen MR) is 69.3 cm³/mol. The standard InChI is InChI=1S/C13H20N2O2/c1-8-6-12(16)9(2)5-11(8)15-13(17)10(3)7-14-4/h5-6,10,14,16H,7H2,1-4H3,(H,15,17). The molecule has 17 heavy (non-hydrogen) atoms. The highest BCUT2D eigenvalue weighted by Crippen LogP contribution is 2.25. The van der Waals surface area contributed by atoms with Crippen LogP contribution in [0.1, 0.15) is 18.1 Å². The van der Waals surface area contributed by atoms with Crippen LogP contribution in [-0.2, 0) is 4.79 Å². The van der Waals surface area contributed by atoms with Crippen molar-refractivity contribution in [2.24, 2.45) is 5.92 Å². The monoisotopic (exact) mass is 236 g/mol.